The molecule has 2 unspecified atom stereocenters. The minimum atomic E-state index is -3.84. The zero-order chi connectivity index (χ0) is 27.5. The molecule has 1 amide bonds. The quantitative estimate of drug-likeness (QED) is 0.232. The Morgan fingerprint density at radius 1 is 1.24 bits per heavy atom. The van der Waals surface area contributed by atoms with Crippen LogP contribution in [0.5, 0.6) is 0 Å². The van der Waals surface area contributed by atoms with Gasteiger partial charge in [-0.3, -0.25) is 19.2 Å². The van der Waals surface area contributed by atoms with Crippen LogP contribution in [0.25, 0.3) is 11.2 Å². The van der Waals surface area contributed by atoms with E-state index in [-0.39, 0.29) is 17.5 Å². The molecule has 1 saturated carbocycles. The van der Waals surface area contributed by atoms with Crippen LogP contribution in [0.15, 0.2) is 36.9 Å². The third-order valence-electron chi connectivity index (χ3n) is 6.11. The molecule has 0 radical (unpaired) electrons. The van der Waals surface area contributed by atoms with Crippen molar-refractivity contribution in [2.45, 2.75) is 64.3 Å². The number of imidazole rings is 1. The average Bonchev–Trinajstić information content (AvgIpc) is 3.24. The number of esters is 1. The predicted molar refractivity (Wildman–Crippen MR) is 143 cm³/mol. The van der Waals surface area contributed by atoms with Gasteiger partial charge in [0.1, 0.15) is 29.8 Å². The number of nitrogens with two attached hydrogens (primary N) is 1. The Morgan fingerprint density at radius 3 is 2.61 bits per heavy atom. The summed E-state index contributed by atoms with van der Waals surface area (Å²) in [5.74, 6) is -0.903. The fourth-order valence-corrected chi connectivity index (χ4v) is 6.03. The third kappa shape index (κ3) is 6.68. The van der Waals surface area contributed by atoms with Gasteiger partial charge in [0.2, 0.25) is 0 Å². The normalized spacial score (nSPS) is 16.4. The summed E-state index contributed by atoms with van der Waals surface area (Å²) in [6.07, 6.45) is 4.49. The largest absolute Gasteiger partial charge is 0.461 e. The summed E-state index contributed by atoms with van der Waals surface area (Å²) in [4.78, 5) is 38.2. The van der Waals surface area contributed by atoms with E-state index < -0.39 is 37.3 Å². The summed E-state index contributed by atoms with van der Waals surface area (Å²) < 4.78 is 27.2. The lowest BCUT2D eigenvalue weighted by molar-refractivity contribution is -0.159. The second-order valence-electron chi connectivity index (χ2n) is 9.82. The molecule has 12 nitrogen and oxygen atoms in total. The monoisotopic (exact) mass is 563 g/mol. The Morgan fingerprint density at radius 2 is 1.95 bits per heavy atom. The summed E-state index contributed by atoms with van der Waals surface area (Å²) in [7, 11) is -3.84. The Hall–Kier alpha value is -3.05. The minimum absolute atomic E-state index is 0.147. The van der Waals surface area contributed by atoms with E-state index in [0.29, 0.717) is 22.7 Å². The molecule has 0 aliphatic heterocycles. The fourth-order valence-electron chi connectivity index (χ4n) is 3.80. The number of aromatic nitrogens is 4. The lowest BCUT2D eigenvalue weighted by Crippen LogP contribution is -2.50. The number of nitrogen functional groups attached to an aromatic ring is 1. The number of carbonyl (C=O) groups is 2. The summed E-state index contributed by atoms with van der Waals surface area (Å²) in [5, 5.41) is 5.83. The SMILES string of the molecule is CC(Cn1cnc2c(N)ncnc21)OCP(=O)(NC(=O)c1ccc(Cl)cc1)NC(C)(C)C(=O)OC1CCC1. The van der Waals surface area contributed by atoms with Gasteiger partial charge in [-0.05, 0) is 64.3 Å². The Bertz CT molecular complexity index is 1360. The maximum atomic E-state index is 14.1. The number of fused-ring (bicyclic) bond motifs is 1. The summed E-state index contributed by atoms with van der Waals surface area (Å²) in [6.45, 7) is 5.20. The second-order valence-corrected chi connectivity index (χ2v) is 12.4. The van der Waals surface area contributed by atoms with Gasteiger partial charge in [-0.25, -0.2) is 20.0 Å². The van der Waals surface area contributed by atoms with Crippen LogP contribution in [0.2, 0.25) is 5.02 Å². The molecule has 2 atom stereocenters. The molecule has 1 aliphatic rings. The van der Waals surface area contributed by atoms with E-state index in [9.17, 15) is 14.2 Å². The number of carbonyl (C=O) groups excluding carboxylic acids is 2. The van der Waals surface area contributed by atoms with Gasteiger partial charge >= 0.3 is 5.97 Å². The topological polar surface area (TPSA) is 163 Å². The van der Waals surface area contributed by atoms with Crippen molar-refractivity contribution in [1.82, 2.24) is 29.7 Å². The average molecular weight is 564 g/mol. The van der Waals surface area contributed by atoms with Crippen LogP contribution in [0.1, 0.15) is 50.4 Å². The van der Waals surface area contributed by atoms with Gasteiger partial charge in [0.15, 0.2) is 11.5 Å². The zero-order valence-electron chi connectivity index (χ0n) is 21.4. The van der Waals surface area contributed by atoms with Crippen LogP contribution in [-0.4, -0.2) is 55.5 Å². The van der Waals surface area contributed by atoms with E-state index in [2.05, 4.69) is 25.1 Å². The van der Waals surface area contributed by atoms with Crippen molar-refractivity contribution < 1.29 is 23.6 Å². The molecule has 0 bridgehead atoms. The van der Waals surface area contributed by atoms with Gasteiger partial charge in [-0.15, -0.1) is 0 Å². The van der Waals surface area contributed by atoms with Gasteiger partial charge in [-0.2, -0.15) is 0 Å². The number of ether oxygens (including phenoxy) is 2. The van der Waals surface area contributed by atoms with Gasteiger partial charge in [0.05, 0.1) is 19.0 Å². The lowest BCUT2D eigenvalue weighted by Gasteiger charge is -2.34. The number of halogens is 1. The van der Waals surface area contributed by atoms with Crippen LogP contribution in [0.3, 0.4) is 0 Å². The smallest absolute Gasteiger partial charge is 0.326 e. The van der Waals surface area contributed by atoms with Crippen molar-refractivity contribution >= 4 is 47.9 Å². The van der Waals surface area contributed by atoms with E-state index in [1.165, 1.54) is 18.5 Å². The summed E-state index contributed by atoms with van der Waals surface area (Å²) >= 11 is 5.93. The molecule has 14 heteroatoms. The molecule has 4 rings (SSSR count). The van der Waals surface area contributed by atoms with E-state index >= 15 is 0 Å². The number of amides is 1. The molecule has 38 heavy (non-hydrogen) atoms. The first-order valence-electron chi connectivity index (χ1n) is 12.2. The van der Waals surface area contributed by atoms with Crippen molar-refractivity contribution in [3.63, 3.8) is 0 Å². The Kier molecular flexibility index (Phi) is 8.37. The van der Waals surface area contributed by atoms with E-state index in [1.807, 2.05) is 0 Å². The maximum absolute atomic E-state index is 14.1. The molecule has 204 valence electrons. The van der Waals surface area contributed by atoms with Gasteiger partial charge in [0.25, 0.3) is 13.4 Å². The van der Waals surface area contributed by atoms with Crippen molar-refractivity contribution in [3.8, 4) is 0 Å². The molecule has 2 aromatic heterocycles. The fraction of sp³-hybridized carbons (Fsp3) is 0.458. The second kappa shape index (κ2) is 11.4. The lowest BCUT2D eigenvalue weighted by atomic mass is 9.96. The maximum Gasteiger partial charge on any atom is 0.326 e. The minimum Gasteiger partial charge on any atom is -0.461 e. The number of nitrogens with one attached hydrogen (secondary N) is 2. The molecule has 1 aromatic carbocycles. The van der Waals surface area contributed by atoms with Gasteiger partial charge in [0, 0.05) is 10.6 Å². The molecular formula is C24H31ClN7O5P. The first-order chi connectivity index (χ1) is 18.0. The van der Waals surface area contributed by atoms with Gasteiger partial charge in [-0.1, -0.05) is 11.6 Å². The van der Waals surface area contributed by atoms with Crippen LogP contribution in [0, 0.1) is 0 Å². The Balaban J connectivity index is 1.48. The molecule has 2 heterocycles. The van der Waals surface area contributed by atoms with Crippen molar-refractivity contribution in [1.29, 1.82) is 0 Å². The number of rotatable bonds is 11. The Labute approximate surface area is 225 Å². The number of hydrogen-bond acceptors (Lipinski definition) is 9. The highest BCUT2D eigenvalue weighted by Crippen LogP contribution is 2.40. The third-order valence-corrected chi connectivity index (χ3v) is 8.36. The van der Waals surface area contributed by atoms with Crippen LogP contribution < -0.4 is 15.9 Å². The van der Waals surface area contributed by atoms with Crippen LogP contribution in [0.4, 0.5) is 5.82 Å². The molecule has 0 spiro atoms. The van der Waals surface area contributed by atoms with E-state index in [1.54, 1.807) is 43.8 Å². The standard InChI is InChI=1S/C24H31ClN7O5P/c1-15(11-32-13-29-19-20(26)27-12-28-21(19)32)36-14-38(35,30-22(33)16-7-9-17(25)10-8-16)31-24(2,3)23(34)37-18-5-4-6-18/h7-10,12-13,15,18H,4-6,11,14H2,1-3H3,(H2,26,27,28)(H2,30,31,33,35). The van der Waals surface area contributed by atoms with E-state index in [4.69, 9.17) is 26.8 Å². The summed E-state index contributed by atoms with van der Waals surface area (Å²) in [5.41, 5.74) is 5.75. The van der Waals surface area contributed by atoms with Crippen LogP contribution >= 0.6 is 19.0 Å². The number of anilines is 1. The van der Waals surface area contributed by atoms with Gasteiger partial charge < -0.3 is 19.8 Å². The molecule has 3 aromatic rings. The van der Waals surface area contributed by atoms with Crippen LogP contribution in [-0.2, 0) is 25.4 Å². The highest BCUT2D eigenvalue weighted by Gasteiger charge is 2.40. The predicted octanol–water partition coefficient (Wildman–Crippen LogP) is 3.51. The highest BCUT2D eigenvalue weighted by molar-refractivity contribution is 7.60. The molecular weight excluding hydrogens is 533 g/mol. The van der Waals surface area contributed by atoms with E-state index in [0.717, 1.165) is 19.3 Å². The van der Waals surface area contributed by atoms with Crippen molar-refractivity contribution in [2.24, 2.45) is 0 Å². The molecule has 0 saturated heterocycles. The van der Waals surface area contributed by atoms with Crippen molar-refractivity contribution in [3.05, 3.63) is 47.5 Å². The number of benzene rings is 1. The number of hydrogen-bond donors (Lipinski definition) is 3. The first kappa shape index (κ1) is 28.0. The molecule has 4 N–H and O–H groups in total. The van der Waals surface area contributed by atoms with Crippen molar-refractivity contribution in [2.75, 3.05) is 12.1 Å². The highest BCUT2D eigenvalue weighted by atomic mass is 35.5. The zero-order valence-corrected chi connectivity index (χ0v) is 23.0. The molecule has 1 fully saturated rings. The summed E-state index contributed by atoms with van der Waals surface area (Å²) in [6, 6.07) is 6.14. The first-order valence-corrected chi connectivity index (χ1v) is 14.4. The number of nitrogens with zero attached hydrogens (tertiary/aromatic N) is 4. The molecule has 1 aliphatic carbocycles.